The van der Waals surface area contributed by atoms with Gasteiger partial charge in [0.05, 0.1) is 18.5 Å². The van der Waals surface area contributed by atoms with Crippen LogP contribution < -0.4 is 16.0 Å². The van der Waals surface area contributed by atoms with Crippen LogP contribution in [0.4, 0.5) is 11.5 Å². The third-order valence-corrected chi connectivity index (χ3v) is 2.61. The Labute approximate surface area is 113 Å². The van der Waals surface area contributed by atoms with Gasteiger partial charge in [0.2, 0.25) is 0 Å². The summed E-state index contributed by atoms with van der Waals surface area (Å²) in [5.41, 5.74) is 6.59. The van der Waals surface area contributed by atoms with Crippen molar-refractivity contribution in [1.29, 1.82) is 0 Å². The second-order valence-electron chi connectivity index (χ2n) is 3.72. The Hall–Kier alpha value is -0.750. The van der Waals surface area contributed by atoms with E-state index in [0.29, 0.717) is 5.82 Å². The number of aromatic nitrogens is 1. The van der Waals surface area contributed by atoms with Crippen LogP contribution in [0, 0.1) is 0 Å². The zero-order chi connectivity index (χ0) is 10.7. The van der Waals surface area contributed by atoms with Gasteiger partial charge >= 0.3 is 0 Å². The summed E-state index contributed by atoms with van der Waals surface area (Å²) >= 11 is 0. The maximum absolute atomic E-state index is 9.08. The minimum atomic E-state index is 0. The number of nitrogens with two attached hydrogens (primary N) is 1. The second kappa shape index (κ2) is 7.55. The van der Waals surface area contributed by atoms with Crippen LogP contribution in [0.25, 0.3) is 0 Å². The first kappa shape index (κ1) is 16.2. The lowest BCUT2D eigenvalue weighted by molar-refractivity contribution is 0.235. The molecule has 0 aromatic carbocycles. The average molecular weight is 281 g/mol. The highest BCUT2D eigenvalue weighted by Gasteiger charge is 2.18. The Morgan fingerprint density at radius 3 is 2.82 bits per heavy atom. The van der Waals surface area contributed by atoms with Crippen molar-refractivity contribution >= 4 is 36.3 Å². The van der Waals surface area contributed by atoms with Gasteiger partial charge in [0.1, 0.15) is 5.82 Å². The fourth-order valence-electron chi connectivity index (χ4n) is 1.77. The van der Waals surface area contributed by atoms with E-state index in [2.05, 4.69) is 15.2 Å². The number of pyridine rings is 1. The smallest absolute Gasteiger partial charge is 0.123 e. The first-order chi connectivity index (χ1) is 7.29. The van der Waals surface area contributed by atoms with Gasteiger partial charge in [0.15, 0.2) is 0 Å². The minimum absolute atomic E-state index is 0. The number of hydrogen-bond acceptors (Lipinski definition) is 5. The fraction of sp³-hybridized carbons (Fsp3) is 0.500. The average Bonchev–Trinajstić information content (AvgIpc) is 2.30. The van der Waals surface area contributed by atoms with Crippen molar-refractivity contribution in [2.45, 2.75) is 6.04 Å². The van der Waals surface area contributed by atoms with E-state index in [9.17, 15) is 0 Å². The number of aliphatic hydroxyl groups excluding tert-OH is 1. The topological polar surface area (TPSA) is 74.4 Å². The monoisotopic (exact) mass is 280 g/mol. The van der Waals surface area contributed by atoms with Gasteiger partial charge in [-0.3, -0.25) is 0 Å². The lowest BCUT2D eigenvalue weighted by Crippen LogP contribution is -2.52. The maximum atomic E-state index is 9.08. The summed E-state index contributed by atoms with van der Waals surface area (Å²) in [6, 6.07) is 3.91. The zero-order valence-electron chi connectivity index (χ0n) is 9.37. The number of hydrogen-bond donors (Lipinski definition) is 3. The summed E-state index contributed by atoms with van der Waals surface area (Å²) in [4.78, 5) is 6.26. The van der Waals surface area contributed by atoms with E-state index in [1.165, 1.54) is 0 Å². The number of anilines is 2. The molecule has 7 heteroatoms. The first-order valence-electron chi connectivity index (χ1n) is 5.10. The van der Waals surface area contributed by atoms with E-state index in [-0.39, 0.29) is 37.5 Å². The molecule has 1 atom stereocenters. The van der Waals surface area contributed by atoms with Crippen molar-refractivity contribution < 1.29 is 5.11 Å². The van der Waals surface area contributed by atoms with Gasteiger partial charge in [-0.1, -0.05) is 0 Å². The molecule has 0 amide bonds. The standard InChI is InChI=1S/C10H16N4O.2ClH/c11-10-2-1-9(5-13-10)14-4-3-12-8(6-14)7-15;;/h1-2,5,8,12,15H,3-4,6-7H2,(H2,11,13);2*1H. The van der Waals surface area contributed by atoms with Crippen LogP contribution in [0.5, 0.6) is 0 Å². The number of halogens is 2. The lowest BCUT2D eigenvalue weighted by Gasteiger charge is -2.34. The highest BCUT2D eigenvalue weighted by atomic mass is 35.5. The molecule has 5 nitrogen and oxygen atoms in total. The predicted molar refractivity (Wildman–Crippen MR) is 74.2 cm³/mol. The van der Waals surface area contributed by atoms with Gasteiger partial charge in [0.25, 0.3) is 0 Å². The van der Waals surface area contributed by atoms with Crippen molar-refractivity contribution in [3.63, 3.8) is 0 Å². The fourth-order valence-corrected chi connectivity index (χ4v) is 1.77. The van der Waals surface area contributed by atoms with E-state index in [1.54, 1.807) is 12.3 Å². The molecule has 4 N–H and O–H groups in total. The Morgan fingerprint density at radius 2 is 2.24 bits per heavy atom. The van der Waals surface area contributed by atoms with Crippen molar-refractivity contribution in [1.82, 2.24) is 10.3 Å². The number of rotatable bonds is 2. The lowest BCUT2D eigenvalue weighted by atomic mass is 10.2. The molecule has 0 radical (unpaired) electrons. The molecule has 1 aromatic heterocycles. The van der Waals surface area contributed by atoms with Gasteiger partial charge in [0, 0.05) is 25.7 Å². The molecule has 1 unspecified atom stereocenters. The summed E-state index contributed by atoms with van der Waals surface area (Å²) < 4.78 is 0. The molecule has 17 heavy (non-hydrogen) atoms. The van der Waals surface area contributed by atoms with Gasteiger partial charge in [-0.15, -0.1) is 24.8 Å². The molecular weight excluding hydrogens is 263 g/mol. The predicted octanol–water partition coefficient (Wildman–Crippen LogP) is 0.278. The molecule has 0 aliphatic carbocycles. The first-order valence-corrected chi connectivity index (χ1v) is 5.10. The molecule has 2 rings (SSSR count). The molecular formula is C10H18Cl2N4O. The van der Waals surface area contributed by atoms with E-state index in [0.717, 1.165) is 25.3 Å². The third-order valence-electron chi connectivity index (χ3n) is 2.61. The van der Waals surface area contributed by atoms with Crippen molar-refractivity contribution in [3.8, 4) is 0 Å². The summed E-state index contributed by atoms with van der Waals surface area (Å²) in [6.07, 6.45) is 1.77. The van der Waals surface area contributed by atoms with Gasteiger partial charge < -0.3 is 21.1 Å². The quantitative estimate of drug-likeness (QED) is 0.726. The molecule has 1 aromatic rings. The van der Waals surface area contributed by atoms with E-state index < -0.39 is 0 Å². The summed E-state index contributed by atoms with van der Waals surface area (Å²) in [5.74, 6) is 0.535. The summed E-state index contributed by atoms with van der Waals surface area (Å²) in [5, 5.41) is 12.3. The van der Waals surface area contributed by atoms with Crippen LogP contribution >= 0.6 is 24.8 Å². The van der Waals surface area contributed by atoms with Crippen LogP contribution in [0.1, 0.15) is 0 Å². The zero-order valence-corrected chi connectivity index (χ0v) is 11.0. The molecule has 1 saturated heterocycles. The molecule has 0 bridgehead atoms. The van der Waals surface area contributed by atoms with E-state index >= 15 is 0 Å². The largest absolute Gasteiger partial charge is 0.395 e. The van der Waals surface area contributed by atoms with Crippen LogP contribution in [0.3, 0.4) is 0 Å². The number of nitrogen functional groups attached to an aromatic ring is 1. The highest BCUT2D eigenvalue weighted by molar-refractivity contribution is 5.85. The van der Waals surface area contributed by atoms with E-state index in [1.807, 2.05) is 6.07 Å². The Kier molecular flexibility index (Phi) is 7.22. The van der Waals surface area contributed by atoms with Crippen molar-refractivity contribution in [2.24, 2.45) is 0 Å². The van der Waals surface area contributed by atoms with Gasteiger partial charge in [-0.05, 0) is 12.1 Å². The van der Waals surface area contributed by atoms with Crippen LogP contribution in [-0.4, -0.2) is 42.4 Å². The number of nitrogens with one attached hydrogen (secondary N) is 1. The maximum Gasteiger partial charge on any atom is 0.123 e. The number of piperazine rings is 1. The van der Waals surface area contributed by atoms with Crippen LogP contribution in [-0.2, 0) is 0 Å². The van der Waals surface area contributed by atoms with Gasteiger partial charge in [-0.2, -0.15) is 0 Å². The van der Waals surface area contributed by atoms with Gasteiger partial charge in [-0.25, -0.2) is 4.98 Å². The molecule has 2 heterocycles. The Bertz CT molecular complexity index is 323. The molecule has 0 saturated carbocycles. The minimum Gasteiger partial charge on any atom is -0.395 e. The van der Waals surface area contributed by atoms with Crippen LogP contribution in [0.15, 0.2) is 18.3 Å². The summed E-state index contributed by atoms with van der Waals surface area (Å²) in [6.45, 7) is 2.79. The van der Waals surface area contributed by atoms with E-state index in [4.69, 9.17) is 10.8 Å². The summed E-state index contributed by atoms with van der Waals surface area (Å²) in [7, 11) is 0. The molecule has 1 aliphatic heterocycles. The third kappa shape index (κ3) is 4.20. The highest BCUT2D eigenvalue weighted by Crippen LogP contribution is 2.15. The van der Waals surface area contributed by atoms with Crippen molar-refractivity contribution in [3.05, 3.63) is 18.3 Å². The molecule has 98 valence electrons. The number of aliphatic hydroxyl groups is 1. The molecule has 1 aliphatic rings. The molecule has 1 fully saturated rings. The Balaban J connectivity index is 0.00000128. The second-order valence-corrected chi connectivity index (χ2v) is 3.72. The SMILES string of the molecule is Cl.Cl.Nc1ccc(N2CCNC(CO)C2)cn1. The number of nitrogens with zero attached hydrogens (tertiary/aromatic N) is 2. The van der Waals surface area contributed by atoms with Crippen molar-refractivity contribution in [2.75, 3.05) is 36.9 Å². The normalized spacial score (nSPS) is 19.1. The Morgan fingerprint density at radius 1 is 1.47 bits per heavy atom. The van der Waals surface area contributed by atoms with Crippen LogP contribution in [0.2, 0.25) is 0 Å². The molecule has 0 spiro atoms.